The third-order valence-electron chi connectivity index (χ3n) is 1.53. The largest absolute Gasteiger partial charge is 0.326 e. The summed E-state index contributed by atoms with van der Waals surface area (Å²) in [6.45, 7) is 6.03. The number of thiazole rings is 1. The van der Waals surface area contributed by atoms with Crippen molar-refractivity contribution in [1.82, 2.24) is 4.98 Å². The molecule has 1 rings (SSSR count). The van der Waals surface area contributed by atoms with Crippen molar-refractivity contribution in [3.63, 3.8) is 0 Å². The highest BCUT2D eigenvalue weighted by atomic mass is 32.1. The number of rotatable bonds is 4. The summed E-state index contributed by atoms with van der Waals surface area (Å²) in [5.41, 5.74) is 6.33. The maximum atomic E-state index is 5.50. The van der Waals surface area contributed by atoms with Gasteiger partial charge in [-0.3, -0.25) is 4.99 Å². The van der Waals surface area contributed by atoms with Crippen molar-refractivity contribution >= 4 is 17.0 Å². The summed E-state index contributed by atoms with van der Waals surface area (Å²) < 4.78 is 0. The highest BCUT2D eigenvalue weighted by Gasteiger charge is 2.04. The number of nitrogens with two attached hydrogens (primary N) is 1. The topological polar surface area (TPSA) is 51.3 Å². The van der Waals surface area contributed by atoms with E-state index < -0.39 is 0 Å². The Morgan fingerprint density at radius 1 is 1.79 bits per heavy atom. The van der Waals surface area contributed by atoms with Crippen LogP contribution in [0, 0.1) is 0 Å². The van der Waals surface area contributed by atoms with Crippen LogP contribution in [0.1, 0.15) is 16.8 Å². The standard InChI is InChI=1S/C10H13N3S/c1-3-5-9(12-4-2)10-13-7-8(6-11)14-10/h3-5,7H,2,6,11H2,1H3/b5-3-,12-9?. The summed E-state index contributed by atoms with van der Waals surface area (Å²) in [6.07, 6.45) is 7.12. The normalized spacial score (nSPS) is 12.3. The van der Waals surface area contributed by atoms with E-state index in [2.05, 4.69) is 16.6 Å². The van der Waals surface area contributed by atoms with Gasteiger partial charge in [-0.2, -0.15) is 0 Å². The smallest absolute Gasteiger partial charge is 0.142 e. The summed E-state index contributed by atoms with van der Waals surface area (Å²) in [5, 5.41) is 0.878. The second-order valence-corrected chi connectivity index (χ2v) is 3.65. The molecule has 0 saturated carbocycles. The molecular weight excluding hydrogens is 194 g/mol. The lowest BCUT2D eigenvalue weighted by Crippen LogP contribution is -1.94. The SMILES string of the molecule is C=CN=C(/C=C\C)c1ncc(CN)s1. The van der Waals surface area contributed by atoms with Crippen LogP contribution in [0.15, 0.2) is 36.1 Å². The van der Waals surface area contributed by atoms with Crippen molar-refractivity contribution in [2.75, 3.05) is 0 Å². The monoisotopic (exact) mass is 207 g/mol. The van der Waals surface area contributed by atoms with Gasteiger partial charge in [-0.25, -0.2) is 4.98 Å². The lowest BCUT2D eigenvalue weighted by atomic mass is 10.3. The Balaban J connectivity index is 2.99. The third kappa shape index (κ3) is 2.61. The molecular formula is C10H13N3S. The number of hydrogen-bond donors (Lipinski definition) is 1. The van der Waals surface area contributed by atoms with E-state index in [4.69, 9.17) is 5.73 Å². The molecule has 0 unspecified atom stereocenters. The van der Waals surface area contributed by atoms with Gasteiger partial charge in [0.05, 0.1) is 5.71 Å². The molecule has 2 N–H and O–H groups in total. The van der Waals surface area contributed by atoms with Gasteiger partial charge in [-0.15, -0.1) is 11.3 Å². The Labute approximate surface area is 87.7 Å². The molecule has 1 heterocycles. The van der Waals surface area contributed by atoms with Crippen molar-refractivity contribution in [3.8, 4) is 0 Å². The van der Waals surface area contributed by atoms with Crippen LogP contribution in [0.3, 0.4) is 0 Å². The van der Waals surface area contributed by atoms with Crippen LogP contribution < -0.4 is 5.73 Å². The minimum absolute atomic E-state index is 0.523. The first kappa shape index (κ1) is 10.8. The van der Waals surface area contributed by atoms with Gasteiger partial charge >= 0.3 is 0 Å². The molecule has 1 aromatic heterocycles. The van der Waals surface area contributed by atoms with Crippen LogP contribution in [0.5, 0.6) is 0 Å². The lowest BCUT2D eigenvalue weighted by Gasteiger charge is -1.92. The number of hydrogen-bond acceptors (Lipinski definition) is 4. The van der Waals surface area contributed by atoms with Crippen LogP contribution in [0.4, 0.5) is 0 Å². The number of nitrogens with zero attached hydrogens (tertiary/aromatic N) is 2. The van der Waals surface area contributed by atoms with Gasteiger partial charge in [-0.1, -0.05) is 12.7 Å². The quantitative estimate of drug-likeness (QED) is 0.769. The van der Waals surface area contributed by atoms with E-state index in [0.29, 0.717) is 6.54 Å². The van der Waals surface area contributed by atoms with Gasteiger partial charge in [0.2, 0.25) is 0 Å². The van der Waals surface area contributed by atoms with E-state index in [1.54, 1.807) is 17.5 Å². The summed E-state index contributed by atoms with van der Waals surface area (Å²) in [7, 11) is 0. The molecule has 4 heteroatoms. The molecule has 14 heavy (non-hydrogen) atoms. The van der Waals surface area contributed by atoms with Crippen molar-refractivity contribution in [3.05, 3.63) is 41.0 Å². The maximum Gasteiger partial charge on any atom is 0.142 e. The minimum atomic E-state index is 0.523. The van der Waals surface area contributed by atoms with Crippen LogP contribution in [-0.2, 0) is 6.54 Å². The van der Waals surface area contributed by atoms with Gasteiger partial charge in [0.25, 0.3) is 0 Å². The fourth-order valence-corrected chi connectivity index (χ4v) is 1.71. The molecule has 0 aromatic carbocycles. The summed E-state index contributed by atoms with van der Waals surface area (Å²) in [4.78, 5) is 9.42. The predicted octanol–water partition coefficient (Wildman–Crippen LogP) is 2.11. The molecule has 0 aliphatic rings. The van der Waals surface area contributed by atoms with Crippen molar-refractivity contribution in [2.45, 2.75) is 13.5 Å². The van der Waals surface area contributed by atoms with Crippen LogP contribution in [-0.4, -0.2) is 10.7 Å². The highest BCUT2D eigenvalue weighted by Crippen LogP contribution is 2.13. The first-order valence-corrected chi connectivity index (χ1v) is 5.10. The average molecular weight is 207 g/mol. The van der Waals surface area contributed by atoms with E-state index >= 15 is 0 Å². The van der Waals surface area contributed by atoms with Crippen LogP contribution >= 0.6 is 11.3 Å². The highest BCUT2D eigenvalue weighted by molar-refractivity contribution is 7.13. The Kier molecular flexibility index (Phi) is 4.22. The molecule has 0 fully saturated rings. The molecule has 0 bridgehead atoms. The second-order valence-electron chi connectivity index (χ2n) is 2.53. The molecule has 1 aromatic rings. The van der Waals surface area contributed by atoms with E-state index in [0.717, 1.165) is 15.6 Å². The van der Waals surface area contributed by atoms with Gasteiger partial charge in [0, 0.05) is 23.8 Å². The summed E-state index contributed by atoms with van der Waals surface area (Å²) in [5.74, 6) is 0. The van der Waals surface area contributed by atoms with Crippen LogP contribution in [0.2, 0.25) is 0 Å². The number of aromatic nitrogens is 1. The first-order chi connectivity index (χ1) is 6.81. The zero-order chi connectivity index (χ0) is 10.4. The molecule has 0 saturated heterocycles. The van der Waals surface area contributed by atoms with Gasteiger partial charge in [0.15, 0.2) is 0 Å². The number of allylic oxidation sites excluding steroid dienone is 2. The molecule has 0 spiro atoms. The van der Waals surface area contributed by atoms with Gasteiger partial charge < -0.3 is 5.73 Å². The Morgan fingerprint density at radius 2 is 2.57 bits per heavy atom. The number of aliphatic imine (C=N–C) groups is 1. The van der Waals surface area contributed by atoms with E-state index in [9.17, 15) is 0 Å². The van der Waals surface area contributed by atoms with Crippen molar-refractivity contribution in [1.29, 1.82) is 0 Å². The fourth-order valence-electron chi connectivity index (χ4n) is 0.946. The summed E-state index contributed by atoms with van der Waals surface area (Å²) in [6, 6.07) is 0. The van der Waals surface area contributed by atoms with E-state index in [-0.39, 0.29) is 0 Å². The molecule has 74 valence electrons. The Hall–Kier alpha value is -1.26. The van der Waals surface area contributed by atoms with E-state index in [1.807, 2.05) is 19.1 Å². The van der Waals surface area contributed by atoms with Crippen LogP contribution in [0.25, 0.3) is 0 Å². The molecule has 0 radical (unpaired) electrons. The first-order valence-electron chi connectivity index (χ1n) is 4.28. The third-order valence-corrected chi connectivity index (χ3v) is 2.57. The molecule has 0 aliphatic heterocycles. The minimum Gasteiger partial charge on any atom is -0.326 e. The fraction of sp³-hybridized carbons (Fsp3) is 0.200. The van der Waals surface area contributed by atoms with E-state index in [1.165, 1.54) is 6.20 Å². The maximum absolute atomic E-state index is 5.50. The van der Waals surface area contributed by atoms with Gasteiger partial charge in [-0.05, 0) is 13.0 Å². The van der Waals surface area contributed by atoms with Gasteiger partial charge in [0.1, 0.15) is 5.01 Å². The Bertz CT molecular complexity index is 363. The second kappa shape index (κ2) is 5.47. The zero-order valence-electron chi connectivity index (χ0n) is 8.10. The molecule has 3 nitrogen and oxygen atoms in total. The lowest BCUT2D eigenvalue weighted by molar-refractivity contribution is 1.10. The molecule has 0 aliphatic carbocycles. The zero-order valence-corrected chi connectivity index (χ0v) is 8.92. The van der Waals surface area contributed by atoms with Crippen molar-refractivity contribution in [2.24, 2.45) is 10.7 Å². The van der Waals surface area contributed by atoms with Crippen molar-refractivity contribution < 1.29 is 0 Å². The summed E-state index contributed by atoms with van der Waals surface area (Å²) >= 11 is 1.55. The Morgan fingerprint density at radius 3 is 3.07 bits per heavy atom. The average Bonchev–Trinajstić information content (AvgIpc) is 2.65. The molecule has 0 atom stereocenters. The molecule has 0 amide bonds. The predicted molar refractivity (Wildman–Crippen MR) is 61.6 cm³/mol.